The van der Waals surface area contributed by atoms with E-state index in [0.29, 0.717) is 19.0 Å². The Labute approximate surface area is 146 Å². The van der Waals surface area contributed by atoms with Crippen molar-refractivity contribution in [3.63, 3.8) is 0 Å². The van der Waals surface area contributed by atoms with Crippen molar-refractivity contribution in [2.24, 2.45) is 5.41 Å². The zero-order chi connectivity index (χ0) is 17.6. The minimum atomic E-state index is -0.368. The number of para-hydroxylation sites is 1. The third-order valence-corrected chi connectivity index (χ3v) is 4.71. The number of ether oxygens (including phenoxy) is 1. The number of nitrogens with one attached hydrogen (secondary N) is 1. The number of carbonyl (C=O) groups excluding carboxylic acids is 1. The predicted molar refractivity (Wildman–Crippen MR) is 92.2 cm³/mol. The molecule has 7 nitrogen and oxygen atoms in total. The molecule has 2 heterocycles. The first-order valence-corrected chi connectivity index (χ1v) is 8.53. The zero-order valence-corrected chi connectivity index (χ0v) is 14.6. The molecule has 1 N–H and O–H groups in total. The van der Waals surface area contributed by atoms with Gasteiger partial charge in [0.15, 0.2) is 5.78 Å². The Morgan fingerprint density at radius 2 is 2.12 bits per heavy atom. The maximum Gasteiger partial charge on any atom is 0.248 e. The second kappa shape index (κ2) is 5.68. The molecule has 25 heavy (non-hydrogen) atoms. The molecule has 1 aromatic heterocycles. The summed E-state index contributed by atoms with van der Waals surface area (Å²) in [6.07, 6.45) is 1.30. The van der Waals surface area contributed by atoms with Crippen LogP contribution in [0.25, 0.3) is 0 Å². The number of hydrogen-bond acceptors (Lipinski definition) is 6. The lowest BCUT2D eigenvalue weighted by Crippen LogP contribution is -2.36. The van der Waals surface area contributed by atoms with Gasteiger partial charge in [-0.15, -0.1) is 0 Å². The molecule has 2 aliphatic rings. The molecule has 0 spiro atoms. The molecule has 0 unspecified atom stereocenters. The molecule has 0 saturated heterocycles. The van der Waals surface area contributed by atoms with Crippen molar-refractivity contribution in [2.75, 3.05) is 11.9 Å². The largest absolute Gasteiger partial charge is 0.494 e. The molecule has 0 bridgehead atoms. The first-order chi connectivity index (χ1) is 12.0. The van der Waals surface area contributed by atoms with Gasteiger partial charge >= 0.3 is 0 Å². The van der Waals surface area contributed by atoms with E-state index < -0.39 is 0 Å². The van der Waals surface area contributed by atoms with Crippen molar-refractivity contribution in [2.45, 2.75) is 39.7 Å². The summed E-state index contributed by atoms with van der Waals surface area (Å²) in [5.74, 6) is 1.44. The Bertz CT molecular complexity index is 868. The summed E-state index contributed by atoms with van der Waals surface area (Å²) in [6, 6.07) is 7.40. The first kappa shape index (κ1) is 15.8. The first-order valence-electron chi connectivity index (χ1n) is 8.53. The number of nitrogens with zero attached hydrogens (tertiary/aromatic N) is 4. The van der Waals surface area contributed by atoms with E-state index in [2.05, 4.69) is 34.7 Å². The Hall–Kier alpha value is -2.70. The number of fused-ring (bicyclic) bond motifs is 1. The van der Waals surface area contributed by atoms with Crippen LogP contribution in [0.3, 0.4) is 0 Å². The van der Waals surface area contributed by atoms with Crippen LogP contribution < -0.4 is 10.1 Å². The third kappa shape index (κ3) is 2.59. The van der Waals surface area contributed by atoms with Crippen LogP contribution in [0.2, 0.25) is 0 Å². The molecule has 1 aliphatic carbocycles. The van der Waals surface area contributed by atoms with Crippen LogP contribution in [0.5, 0.6) is 5.75 Å². The minimum absolute atomic E-state index is 0.0808. The summed E-state index contributed by atoms with van der Waals surface area (Å²) in [7, 11) is 0. The number of Topliss-reactive ketones (excluding diaryl/α,β-unsaturated/α-hetero) is 1. The van der Waals surface area contributed by atoms with Gasteiger partial charge in [-0.05, 0) is 35.3 Å². The van der Waals surface area contributed by atoms with Crippen molar-refractivity contribution in [3.8, 4) is 5.75 Å². The predicted octanol–water partition coefficient (Wildman–Crippen LogP) is 2.73. The minimum Gasteiger partial charge on any atom is -0.494 e. The van der Waals surface area contributed by atoms with Crippen LogP contribution in [0.1, 0.15) is 45.2 Å². The summed E-state index contributed by atoms with van der Waals surface area (Å²) in [5, 5.41) is 15.3. The molecule has 0 saturated carbocycles. The van der Waals surface area contributed by atoms with Gasteiger partial charge in [-0.25, -0.2) is 0 Å². The highest BCUT2D eigenvalue weighted by Crippen LogP contribution is 2.46. The van der Waals surface area contributed by atoms with Crippen molar-refractivity contribution >= 4 is 11.7 Å². The number of aromatic nitrogens is 4. The molecule has 0 radical (unpaired) electrons. The second-order valence-corrected chi connectivity index (χ2v) is 7.28. The second-order valence-electron chi connectivity index (χ2n) is 7.28. The summed E-state index contributed by atoms with van der Waals surface area (Å²) in [6.45, 7) is 6.71. The number of allylic oxidation sites excluding steroid dienone is 2. The fourth-order valence-electron chi connectivity index (χ4n) is 3.75. The van der Waals surface area contributed by atoms with Crippen LogP contribution in [0.15, 0.2) is 35.5 Å². The Kier molecular flexibility index (Phi) is 3.59. The Morgan fingerprint density at radius 1 is 1.32 bits per heavy atom. The molecule has 0 amide bonds. The monoisotopic (exact) mass is 339 g/mol. The van der Waals surface area contributed by atoms with Crippen LogP contribution in [-0.4, -0.2) is 32.6 Å². The summed E-state index contributed by atoms with van der Waals surface area (Å²) >= 11 is 0. The van der Waals surface area contributed by atoms with Crippen molar-refractivity contribution in [1.82, 2.24) is 20.2 Å². The lowest BCUT2D eigenvalue weighted by molar-refractivity contribution is -0.118. The molecule has 1 aromatic carbocycles. The number of ketones is 1. The van der Waals surface area contributed by atoms with E-state index in [1.54, 1.807) is 4.68 Å². The molecule has 4 rings (SSSR count). The van der Waals surface area contributed by atoms with Gasteiger partial charge in [0.2, 0.25) is 5.95 Å². The highest BCUT2D eigenvalue weighted by molar-refractivity contribution is 6.00. The standard InChI is InChI=1S/C18H21N5O2/c1-4-25-14-8-6-5-7-11(14)16-15-12(9-18(2,3)10-13(15)24)19-17-20-21-22-23(16)17/h5-8,16H,4,9-10H2,1-3H3,(H,19,20,22)/t16-/m0/s1. The average molecular weight is 339 g/mol. The summed E-state index contributed by atoms with van der Waals surface area (Å²) in [5.41, 5.74) is 2.48. The highest BCUT2D eigenvalue weighted by Gasteiger charge is 2.42. The Morgan fingerprint density at radius 3 is 2.92 bits per heavy atom. The fourth-order valence-corrected chi connectivity index (χ4v) is 3.75. The van der Waals surface area contributed by atoms with Crippen LogP contribution in [0, 0.1) is 5.41 Å². The number of carbonyl (C=O) groups is 1. The topological polar surface area (TPSA) is 81.9 Å². The van der Waals surface area contributed by atoms with Crippen LogP contribution in [0.4, 0.5) is 5.95 Å². The molecule has 2 aromatic rings. The molecule has 1 aliphatic heterocycles. The van der Waals surface area contributed by atoms with Gasteiger partial charge in [-0.2, -0.15) is 4.68 Å². The highest BCUT2D eigenvalue weighted by atomic mass is 16.5. The summed E-state index contributed by atoms with van der Waals surface area (Å²) < 4.78 is 7.48. The quantitative estimate of drug-likeness (QED) is 0.926. The van der Waals surface area contributed by atoms with Gasteiger partial charge in [0.25, 0.3) is 0 Å². The van der Waals surface area contributed by atoms with E-state index in [-0.39, 0.29) is 17.2 Å². The van der Waals surface area contributed by atoms with Gasteiger partial charge < -0.3 is 10.1 Å². The van der Waals surface area contributed by atoms with E-state index >= 15 is 0 Å². The van der Waals surface area contributed by atoms with Crippen molar-refractivity contribution in [1.29, 1.82) is 0 Å². The SMILES string of the molecule is CCOc1ccccc1[C@H]1C2=C(CC(C)(C)CC2=O)Nc2nnnn21. The molecule has 0 fully saturated rings. The van der Waals surface area contributed by atoms with Gasteiger partial charge in [0, 0.05) is 23.3 Å². The van der Waals surface area contributed by atoms with Gasteiger partial charge in [-0.3, -0.25) is 4.79 Å². The lowest BCUT2D eigenvalue weighted by atomic mass is 9.73. The number of tetrazole rings is 1. The third-order valence-electron chi connectivity index (χ3n) is 4.71. The Balaban J connectivity index is 1.91. The number of benzene rings is 1. The number of anilines is 1. The number of rotatable bonds is 3. The van der Waals surface area contributed by atoms with Crippen LogP contribution in [-0.2, 0) is 4.79 Å². The molecular formula is C18H21N5O2. The van der Waals surface area contributed by atoms with Gasteiger partial charge in [0.05, 0.1) is 6.61 Å². The lowest BCUT2D eigenvalue weighted by Gasteiger charge is -2.38. The van der Waals surface area contributed by atoms with Crippen LogP contribution >= 0.6 is 0 Å². The van der Waals surface area contributed by atoms with E-state index in [1.165, 1.54) is 0 Å². The smallest absolute Gasteiger partial charge is 0.248 e. The molecule has 1 atom stereocenters. The van der Waals surface area contributed by atoms with Crippen molar-refractivity contribution < 1.29 is 9.53 Å². The fraction of sp³-hybridized carbons (Fsp3) is 0.444. The molecule has 7 heteroatoms. The van der Waals surface area contributed by atoms with Gasteiger partial charge in [0.1, 0.15) is 11.8 Å². The van der Waals surface area contributed by atoms with E-state index in [0.717, 1.165) is 29.0 Å². The molecular weight excluding hydrogens is 318 g/mol. The average Bonchev–Trinajstić information content (AvgIpc) is 3.01. The maximum absolute atomic E-state index is 13.0. The molecule has 130 valence electrons. The maximum atomic E-state index is 13.0. The van der Waals surface area contributed by atoms with Crippen molar-refractivity contribution in [3.05, 3.63) is 41.1 Å². The zero-order valence-electron chi connectivity index (χ0n) is 14.6. The normalized spacial score (nSPS) is 21.4. The van der Waals surface area contributed by atoms with E-state index in [9.17, 15) is 4.79 Å². The summed E-state index contributed by atoms with van der Waals surface area (Å²) in [4.78, 5) is 13.0. The van der Waals surface area contributed by atoms with E-state index in [1.807, 2.05) is 31.2 Å². The van der Waals surface area contributed by atoms with E-state index in [4.69, 9.17) is 4.74 Å². The van der Waals surface area contributed by atoms with Gasteiger partial charge in [-0.1, -0.05) is 37.1 Å². The number of hydrogen-bond donors (Lipinski definition) is 1.